The molecule has 262 valence electrons. The SMILES string of the molecule is Cc1cc(O)cc(C)c1CC(NC(=O)OCc1ccccc1)C(=O)NC(CNC(=O)OC(C)(C)C)C(=O)NC(Cc1ccccc1)C(N)=O. The molecule has 0 saturated carbocycles. The average molecular weight is 676 g/mol. The van der Waals surface area contributed by atoms with E-state index >= 15 is 0 Å². The number of nitrogens with two attached hydrogens (primary N) is 1. The van der Waals surface area contributed by atoms with Crippen molar-refractivity contribution in [2.24, 2.45) is 5.73 Å². The number of hydrogen-bond acceptors (Lipinski definition) is 8. The third-order valence-corrected chi connectivity index (χ3v) is 7.34. The molecular weight excluding hydrogens is 630 g/mol. The van der Waals surface area contributed by atoms with Gasteiger partial charge in [-0.1, -0.05) is 60.7 Å². The normalized spacial score (nSPS) is 12.8. The van der Waals surface area contributed by atoms with E-state index in [0.29, 0.717) is 16.7 Å². The van der Waals surface area contributed by atoms with Crippen molar-refractivity contribution in [2.75, 3.05) is 6.54 Å². The van der Waals surface area contributed by atoms with E-state index in [1.165, 1.54) is 12.1 Å². The van der Waals surface area contributed by atoms with Crippen molar-refractivity contribution in [1.82, 2.24) is 21.3 Å². The molecule has 7 N–H and O–H groups in total. The number of nitrogens with one attached hydrogen (secondary N) is 4. The highest BCUT2D eigenvalue weighted by Gasteiger charge is 2.31. The van der Waals surface area contributed by atoms with Gasteiger partial charge in [-0.05, 0) is 74.6 Å². The highest BCUT2D eigenvalue weighted by Crippen LogP contribution is 2.22. The maximum Gasteiger partial charge on any atom is 0.408 e. The Morgan fingerprint density at radius 1 is 0.735 bits per heavy atom. The monoisotopic (exact) mass is 675 g/mol. The van der Waals surface area contributed by atoms with Gasteiger partial charge in [0, 0.05) is 12.8 Å². The van der Waals surface area contributed by atoms with Crippen LogP contribution in [0.15, 0.2) is 72.8 Å². The summed E-state index contributed by atoms with van der Waals surface area (Å²) in [6.45, 7) is 8.02. The van der Waals surface area contributed by atoms with Crippen LogP contribution in [0.25, 0.3) is 0 Å². The molecule has 3 rings (SSSR count). The van der Waals surface area contributed by atoms with E-state index in [9.17, 15) is 29.1 Å². The Bertz CT molecular complexity index is 1590. The summed E-state index contributed by atoms with van der Waals surface area (Å²) in [5, 5.41) is 20.3. The molecule has 0 saturated heterocycles. The first-order valence-corrected chi connectivity index (χ1v) is 15.8. The van der Waals surface area contributed by atoms with Crippen LogP contribution in [-0.4, -0.2) is 65.3 Å². The lowest BCUT2D eigenvalue weighted by Crippen LogP contribution is -2.60. The Balaban J connectivity index is 1.87. The van der Waals surface area contributed by atoms with Gasteiger partial charge in [-0.25, -0.2) is 9.59 Å². The summed E-state index contributed by atoms with van der Waals surface area (Å²) in [5.41, 5.74) is 8.24. The summed E-state index contributed by atoms with van der Waals surface area (Å²) in [6, 6.07) is 17.1. The molecule has 0 bridgehead atoms. The Hall–Kier alpha value is -5.59. The van der Waals surface area contributed by atoms with Crippen LogP contribution in [0.3, 0.4) is 0 Å². The zero-order valence-electron chi connectivity index (χ0n) is 28.4. The van der Waals surface area contributed by atoms with Crippen LogP contribution < -0.4 is 27.0 Å². The smallest absolute Gasteiger partial charge is 0.408 e. The van der Waals surface area contributed by atoms with E-state index < -0.39 is 60.2 Å². The topological polar surface area (TPSA) is 198 Å². The second-order valence-corrected chi connectivity index (χ2v) is 12.6. The van der Waals surface area contributed by atoms with Crippen molar-refractivity contribution in [3.63, 3.8) is 0 Å². The zero-order chi connectivity index (χ0) is 36.1. The average Bonchev–Trinajstić information content (AvgIpc) is 3.02. The van der Waals surface area contributed by atoms with Crippen LogP contribution in [0.2, 0.25) is 0 Å². The highest BCUT2D eigenvalue weighted by atomic mass is 16.6. The van der Waals surface area contributed by atoms with E-state index in [4.69, 9.17) is 15.2 Å². The number of amides is 5. The van der Waals surface area contributed by atoms with E-state index in [2.05, 4.69) is 21.3 Å². The molecule has 3 atom stereocenters. The number of rotatable bonds is 14. The lowest BCUT2D eigenvalue weighted by atomic mass is 9.95. The molecule has 5 amide bonds. The summed E-state index contributed by atoms with van der Waals surface area (Å²) in [7, 11) is 0. The minimum absolute atomic E-state index is 0.0318. The number of phenolic OH excluding ortho intramolecular Hbond substituents is 1. The molecule has 3 aromatic rings. The summed E-state index contributed by atoms with van der Waals surface area (Å²) in [5.74, 6) is -2.36. The van der Waals surface area contributed by atoms with Crippen molar-refractivity contribution < 1.29 is 38.6 Å². The summed E-state index contributed by atoms with van der Waals surface area (Å²) < 4.78 is 10.7. The molecule has 0 aliphatic heterocycles. The summed E-state index contributed by atoms with van der Waals surface area (Å²) >= 11 is 0. The van der Waals surface area contributed by atoms with Gasteiger partial charge < -0.3 is 41.6 Å². The lowest BCUT2D eigenvalue weighted by molar-refractivity contribution is -0.131. The number of carbonyl (C=O) groups is 5. The number of phenols is 1. The molecule has 0 heterocycles. The van der Waals surface area contributed by atoms with Crippen molar-refractivity contribution in [3.05, 3.63) is 101 Å². The van der Waals surface area contributed by atoms with Gasteiger partial charge in [0.05, 0.1) is 6.54 Å². The van der Waals surface area contributed by atoms with Crippen LogP contribution >= 0.6 is 0 Å². The fourth-order valence-electron chi connectivity index (χ4n) is 4.94. The van der Waals surface area contributed by atoms with Crippen molar-refractivity contribution in [1.29, 1.82) is 0 Å². The molecule has 0 fully saturated rings. The molecule has 49 heavy (non-hydrogen) atoms. The molecule has 0 aromatic heterocycles. The summed E-state index contributed by atoms with van der Waals surface area (Å²) in [6.07, 6.45) is -1.68. The van der Waals surface area contributed by atoms with Gasteiger partial charge >= 0.3 is 12.2 Å². The molecule has 13 nitrogen and oxygen atoms in total. The lowest BCUT2D eigenvalue weighted by Gasteiger charge is -2.26. The van der Waals surface area contributed by atoms with E-state index in [-0.39, 0.29) is 25.2 Å². The Morgan fingerprint density at radius 2 is 1.27 bits per heavy atom. The second-order valence-electron chi connectivity index (χ2n) is 12.6. The van der Waals surface area contributed by atoms with Gasteiger partial charge in [0.15, 0.2) is 0 Å². The summed E-state index contributed by atoms with van der Waals surface area (Å²) in [4.78, 5) is 65.3. The first-order valence-electron chi connectivity index (χ1n) is 15.8. The number of benzene rings is 3. The third kappa shape index (κ3) is 12.9. The first-order chi connectivity index (χ1) is 23.1. The molecular formula is C36H45N5O8. The fraction of sp³-hybridized carbons (Fsp3) is 0.361. The van der Waals surface area contributed by atoms with Crippen LogP contribution in [0.4, 0.5) is 9.59 Å². The number of hydrogen-bond donors (Lipinski definition) is 6. The quantitative estimate of drug-likeness (QED) is 0.150. The van der Waals surface area contributed by atoms with Gasteiger partial charge in [-0.15, -0.1) is 0 Å². The van der Waals surface area contributed by atoms with Crippen molar-refractivity contribution >= 4 is 29.9 Å². The number of alkyl carbamates (subject to hydrolysis) is 2. The Labute approximate surface area is 285 Å². The molecule has 0 aliphatic carbocycles. The fourth-order valence-corrected chi connectivity index (χ4v) is 4.94. The van der Waals surface area contributed by atoms with Gasteiger partial charge in [-0.2, -0.15) is 0 Å². The standard InChI is InChI=1S/C36H45N5O8/c1-22-16-26(42)17-23(2)27(22)19-29(41-35(47)48-21-25-14-10-7-11-15-25)32(44)40-30(20-38-34(46)49-36(3,4)5)33(45)39-28(31(37)43)18-24-12-8-6-9-13-24/h6-17,28-30,42H,18-21H2,1-5H3,(H2,37,43)(H,38,46)(H,39,45)(H,40,44)(H,41,47). The maximum absolute atomic E-state index is 13.9. The predicted octanol–water partition coefficient (Wildman–Crippen LogP) is 3.07. The predicted molar refractivity (Wildman–Crippen MR) is 182 cm³/mol. The van der Waals surface area contributed by atoms with Gasteiger partial charge in [-0.3, -0.25) is 14.4 Å². The zero-order valence-corrected chi connectivity index (χ0v) is 28.4. The van der Waals surface area contributed by atoms with E-state index in [0.717, 1.165) is 11.1 Å². The molecule has 13 heteroatoms. The molecule has 0 aliphatic rings. The molecule has 3 unspecified atom stereocenters. The first kappa shape index (κ1) is 37.9. The van der Waals surface area contributed by atoms with Crippen LogP contribution in [0, 0.1) is 13.8 Å². The highest BCUT2D eigenvalue weighted by molar-refractivity contribution is 5.94. The van der Waals surface area contributed by atoms with Crippen LogP contribution in [0.5, 0.6) is 5.75 Å². The van der Waals surface area contributed by atoms with Crippen LogP contribution in [0.1, 0.15) is 48.6 Å². The number of carbonyl (C=O) groups excluding carboxylic acids is 5. The van der Waals surface area contributed by atoms with Gasteiger partial charge in [0.1, 0.15) is 36.1 Å². The Morgan fingerprint density at radius 3 is 1.82 bits per heavy atom. The number of primary amides is 1. The Kier molecular flexibility index (Phi) is 13.5. The minimum atomic E-state index is -1.43. The molecule has 0 spiro atoms. The van der Waals surface area contributed by atoms with Crippen molar-refractivity contribution in [2.45, 2.75) is 77.8 Å². The van der Waals surface area contributed by atoms with E-state index in [1.807, 2.05) is 6.07 Å². The van der Waals surface area contributed by atoms with Gasteiger partial charge in [0.25, 0.3) is 0 Å². The number of aryl methyl sites for hydroxylation is 2. The van der Waals surface area contributed by atoms with Gasteiger partial charge in [0.2, 0.25) is 17.7 Å². The molecule has 0 radical (unpaired) electrons. The second kappa shape index (κ2) is 17.5. The third-order valence-electron chi connectivity index (χ3n) is 7.34. The molecule has 3 aromatic carbocycles. The van der Waals surface area contributed by atoms with Crippen molar-refractivity contribution in [3.8, 4) is 5.75 Å². The largest absolute Gasteiger partial charge is 0.508 e. The number of ether oxygens (including phenoxy) is 2. The maximum atomic E-state index is 13.9. The van der Waals surface area contributed by atoms with Crippen LogP contribution in [-0.2, 0) is 43.3 Å². The minimum Gasteiger partial charge on any atom is -0.508 e. The van der Waals surface area contributed by atoms with E-state index in [1.54, 1.807) is 89.2 Å². The number of aromatic hydroxyl groups is 1.